The van der Waals surface area contributed by atoms with E-state index in [-0.39, 0.29) is 23.4 Å². The zero-order valence-electron chi connectivity index (χ0n) is 19.6. The van der Waals surface area contributed by atoms with E-state index < -0.39 is 11.7 Å². The molecule has 36 heavy (non-hydrogen) atoms. The molecule has 186 valence electrons. The minimum atomic E-state index is -4.48. The van der Waals surface area contributed by atoms with Gasteiger partial charge in [-0.15, -0.1) is 0 Å². The van der Waals surface area contributed by atoms with Crippen LogP contribution in [0.15, 0.2) is 78.9 Å². The van der Waals surface area contributed by atoms with Crippen LogP contribution in [-0.2, 0) is 6.18 Å². The second-order valence-corrected chi connectivity index (χ2v) is 9.18. The Morgan fingerprint density at radius 3 is 2.00 bits per heavy atom. The van der Waals surface area contributed by atoms with Crippen molar-refractivity contribution in [2.45, 2.75) is 12.2 Å². The highest BCUT2D eigenvalue weighted by atomic mass is 19.4. The van der Waals surface area contributed by atoms with Crippen molar-refractivity contribution in [1.82, 2.24) is 14.7 Å². The van der Waals surface area contributed by atoms with Gasteiger partial charge in [0.05, 0.1) is 5.56 Å². The van der Waals surface area contributed by atoms with Crippen molar-refractivity contribution in [2.75, 3.05) is 39.3 Å². The summed E-state index contributed by atoms with van der Waals surface area (Å²) in [5.41, 5.74) is 0.769. The monoisotopic (exact) mass is 493 g/mol. The highest BCUT2D eigenvalue weighted by Gasteiger charge is 2.37. The third-order valence-corrected chi connectivity index (χ3v) is 6.94. The van der Waals surface area contributed by atoms with E-state index in [4.69, 9.17) is 0 Å². The smallest absolute Gasteiger partial charge is 0.336 e. The first kappa shape index (κ1) is 24.1. The Labute approximate surface area is 207 Å². The van der Waals surface area contributed by atoms with Gasteiger partial charge in [-0.3, -0.25) is 14.5 Å². The van der Waals surface area contributed by atoms with Crippen LogP contribution in [0.5, 0.6) is 0 Å². The molecule has 8 heteroatoms. The molecule has 2 saturated heterocycles. The summed E-state index contributed by atoms with van der Waals surface area (Å²) in [7, 11) is 0. The average Bonchev–Trinajstić information content (AvgIpc) is 2.88. The third-order valence-electron chi connectivity index (χ3n) is 6.94. The Hall–Kier alpha value is -3.65. The highest BCUT2D eigenvalue weighted by molar-refractivity contribution is 5.96. The highest BCUT2D eigenvalue weighted by Crippen LogP contribution is 2.37. The minimum Gasteiger partial charge on any atom is -0.336 e. The summed E-state index contributed by atoms with van der Waals surface area (Å²) in [6.45, 7) is 3.89. The number of benzene rings is 3. The van der Waals surface area contributed by atoms with Crippen LogP contribution >= 0.6 is 0 Å². The summed E-state index contributed by atoms with van der Waals surface area (Å²) in [5, 5.41) is 0. The van der Waals surface area contributed by atoms with Crippen molar-refractivity contribution in [3.63, 3.8) is 0 Å². The topological polar surface area (TPSA) is 43.9 Å². The summed E-state index contributed by atoms with van der Waals surface area (Å²) >= 11 is 0. The minimum absolute atomic E-state index is 0.0349. The van der Waals surface area contributed by atoms with Crippen molar-refractivity contribution in [3.8, 4) is 11.1 Å². The molecule has 2 aliphatic rings. The van der Waals surface area contributed by atoms with E-state index in [1.807, 2.05) is 35.2 Å². The van der Waals surface area contributed by atoms with Gasteiger partial charge in [0.25, 0.3) is 11.8 Å². The van der Waals surface area contributed by atoms with Gasteiger partial charge in [-0.05, 0) is 41.5 Å². The number of halogens is 3. The first-order valence-electron chi connectivity index (χ1n) is 12.0. The number of alkyl halides is 3. The Balaban J connectivity index is 1.18. The number of rotatable bonds is 4. The number of amides is 2. The number of hydrogen-bond donors (Lipinski definition) is 0. The maximum absolute atomic E-state index is 13.5. The van der Waals surface area contributed by atoms with E-state index in [0.717, 1.165) is 19.2 Å². The van der Waals surface area contributed by atoms with Gasteiger partial charge in [0.2, 0.25) is 0 Å². The van der Waals surface area contributed by atoms with Gasteiger partial charge in [0, 0.05) is 56.4 Å². The zero-order valence-corrected chi connectivity index (χ0v) is 19.6. The van der Waals surface area contributed by atoms with Crippen LogP contribution in [0, 0.1) is 0 Å². The maximum atomic E-state index is 13.5. The van der Waals surface area contributed by atoms with Gasteiger partial charge in [-0.25, -0.2) is 0 Å². The third kappa shape index (κ3) is 4.86. The fraction of sp³-hybridized carbons (Fsp3) is 0.286. The van der Waals surface area contributed by atoms with Gasteiger partial charge in [0.1, 0.15) is 0 Å². The van der Waals surface area contributed by atoms with Crippen LogP contribution in [0.1, 0.15) is 26.3 Å². The van der Waals surface area contributed by atoms with Gasteiger partial charge in [-0.1, -0.05) is 48.5 Å². The normalized spacial score (nSPS) is 17.1. The molecule has 2 amide bonds. The fourth-order valence-corrected chi connectivity index (χ4v) is 4.89. The Kier molecular flexibility index (Phi) is 6.53. The molecule has 0 aromatic heterocycles. The number of hydrogen-bond acceptors (Lipinski definition) is 3. The predicted molar refractivity (Wildman–Crippen MR) is 130 cm³/mol. The number of piperazine rings is 1. The predicted octanol–water partition coefficient (Wildman–Crippen LogP) is 4.65. The Morgan fingerprint density at radius 2 is 1.31 bits per heavy atom. The Morgan fingerprint density at radius 1 is 0.694 bits per heavy atom. The molecule has 0 atom stereocenters. The number of nitrogens with zero attached hydrogens (tertiary/aromatic N) is 3. The van der Waals surface area contributed by atoms with Crippen molar-refractivity contribution in [3.05, 3.63) is 95.6 Å². The molecular weight excluding hydrogens is 467 g/mol. The number of likely N-dealkylation sites (tertiary alicyclic amines) is 1. The molecule has 0 saturated carbocycles. The van der Waals surface area contributed by atoms with E-state index in [0.29, 0.717) is 42.9 Å². The summed E-state index contributed by atoms with van der Waals surface area (Å²) < 4.78 is 40.4. The lowest BCUT2D eigenvalue weighted by Gasteiger charge is -2.48. The standard InChI is InChI=1S/C28H26F3N3O2/c29-28(30,31)25-12-5-4-11-24(25)21-9-6-10-22(17-21)27(36)34-18-23(19-34)32-13-15-33(16-14-32)26(35)20-7-2-1-3-8-20/h1-12,17,23H,13-16,18-19H2. The van der Waals surface area contributed by atoms with E-state index in [9.17, 15) is 22.8 Å². The molecule has 2 aliphatic heterocycles. The van der Waals surface area contributed by atoms with E-state index in [2.05, 4.69) is 4.90 Å². The molecule has 3 aromatic carbocycles. The zero-order chi connectivity index (χ0) is 25.3. The molecule has 0 N–H and O–H groups in total. The number of carbonyl (C=O) groups is 2. The lowest BCUT2D eigenvalue weighted by Crippen LogP contribution is -2.64. The molecule has 0 spiro atoms. The van der Waals surface area contributed by atoms with Gasteiger partial charge in [0.15, 0.2) is 0 Å². The average molecular weight is 494 g/mol. The van der Waals surface area contributed by atoms with Crippen LogP contribution in [0.2, 0.25) is 0 Å². The lowest BCUT2D eigenvalue weighted by atomic mass is 9.96. The molecule has 0 aliphatic carbocycles. The van der Waals surface area contributed by atoms with Gasteiger partial charge >= 0.3 is 6.18 Å². The molecule has 0 radical (unpaired) electrons. The van der Waals surface area contributed by atoms with Crippen LogP contribution in [-0.4, -0.2) is 71.8 Å². The molecule has 5 nitrogen and oxygen atoms in total. The summed E-state index contributed by atoms with van der Waals surface area (Å²) in [4.78, 5) is 31.6. The molecule has 0 unspecified atom stereocenters. The van der Waals surface area contributed by atoms with Crippen molar-refractivity contribution < 1.29 is 22.8 Å². The van der Waals surface area contributed by atoms with Crippen LogP contribution in [0.4, 0.5) is 13.2 Å². The molecule has 2 fully saturated rings. The van der Waals surface area contributed by atoms with E-state index >= 15 is 0 Å². The quantitative estimate of drug-likeness (QED) is 0.531. The van der Waals surface area contributed by atoms with Gasteiger partial charge < -0.3 is 9.80 Å². The maximum Gasteiger partial charge on any atom is 0.417 e. The van der Waals surface area contributed by atoms with E-state index in [1.54, 1.807) is 29.2 Å². The molecule has 5 rings (SSSR count). The van der Waals surface area contributed by atoms with Crippen molar-refractivity contribution in [1.29, 1.82) is 0 Å². The lowest BCUT2D eigenvalue weighted by molar-refractivity contribution is -0.137. The Bertz CT molecular complexity index is 1250. The van der Waals surface area contributed by atoms with Gasteiger partial charge in [-0.2, -0.15) is 13.2 Å². The molecule has 3 aromatic rings. The largest absolute Gasteiger partial charge is 0.417 e. The SMILES string of the molecule is O=C(c1ccccc1)N1CCN(C2CN(C(=O)c3cccc(-c4ccccc4C(F)(F)F)c3)C2)CC1. The summed E-state index contributed by atoms with van der Waals surface area (Å²) in [5.74, 6) is -0.150. The fourth-order valence-electron chi connectivity index (χ4n) is 4.89. The van der Waals surface area contributed by atoms with Crippen molar-refractivity contribution >= 4 is 11.8 Å². The molecule has 0 bridgehead atoms. The molecular formula is C28H26F3N3O2. The van der Waals surface area contributed by atoms with Crippen LogP contribution in [0.25, 0.3) is 11.1 Å². The summed E-state index contributed by atoms with van der Waals surface area (Å²) in [6, 6.07) is 21.2. The van der Waals surface area contributed by atoms with Crippen molar-refractivity contribution in [2.24, 2.45) is 0 Å². The second kappa shape index (κ2) is 9.78. The van der Waals surface area contributed by atoms with Crippen LogP contribution < -0.4 is 0 Å². The first-order valence-corrected chi connectivity index (χ1v) is 12.0. The molecule has 2 heterocycles. The van der Waals surface area contributed by atoms with E-state index in [1.165, 1.54) is 18.2 Å². The number of carbonyl (C=O) groups excluding carboxylic acids is 2. The summed E-state index contributed by atoms with van der Waals surface area (Å²) in [6.07, 6.45) is -4.48. The van der Waals surface area contributed by atoms with Crippen LogP contribution in [0.3, 0.4) is 0 Å². The first-order chi connectivity index (χ1) is 17.3. The second-order valence-electron chi connectivity index (χ2n) is 9.18.